The molecule has 0 saturated carbocycles. The fourth-order valence-electron chi connectivity index (χ4n) is 1.03. The first-order chi connectivity index (χ1) is 8.28. The van der Waals surface area contributed by atoms with E-state index in [1.165, 1.54) is 12.1 Å². The molecule has 1 aromatic rings. The smallest absolute Gasteiger partial charge is 0.478 e. The maximum absolute atomic E-state index is 12.1. The number of hydrogen-bond donors (Lipinski definition) is 2. The van der Waals surface area contributed by atoms with Crippen LogP contribution >= 0.6 is 15.9 Å². The Morgan fingerprint density at radius 2 is 2.11 bits per heavy atom. The van der Waals surface area contributed by atoms with Crippen LogP contribution in [0.25, 0.3) is 0 Å². The Morgan fingerprint density at radius 3 is 2.67 bits per heavy atom. The fourth-order valence-corrected chi connectivity index (χ4v) is 1.37. The molecule has 0 aliphatic rings. The molecule has 1 rings (SSSR count). The average Bonchev–Trinajstić information content (AvgIpc) is 2.18. The molecule has 0 fully saturated rings. The highest BCUT2D eigenvalue weighted by Gasteiger charge is 2.32. The van der Waals surface area contributed by atoms with Crippen LogP contribution in [0.4, 0.5) is 18.9 Å². The number of carbonyl (C=O) groups is 1. The van der Waals surface area contributed by atoms with Crippen LogP contribution in [0.5, 0.6) is 5.75 Å². The Bertz CT molecular complexity index is 474. The van der Waals surface area contributed by atoms with Gasteiger partial charge in [-0.2, -0.15) is 0 Å². The molecule has 0 saturated heterocycles. The molecule has 18 heavy (non-hydrogen) atoms. The molecule has 0 aromatic heterocycles. The third kappa shape index (κ3) is 5.09. The topological polar surface area (TPSA) is 58.6 Å². The summed E-state index contributed by atoms with van der Waals surface area (Å²) in [6.07, 6.45) is -3.08. The number of hydrogen-bond acceptors (Lipinski definition) is 3. The minimum absolute atomic E-state index is 0.00646. The third-order valence-electron chi connectivity index (χ3n) is 1.63. The molecule has 2 N–H and O–H groups in total. The molecule has 98 valence electrons. The molecular weight excluding hydrogens is 319 g/mol. The van der Waals surface area contributed by atoms with E-state index in [0.29, 0.717) is 4.47 Å². The fraction of sp³-hybridized carbons (Fsp3) is 0.100. The summed E-state index contributed by atoms with van der Waals surface area (Å²) in [6, 6.07) is 3.92. The highest BCUT2D eigenvalue weighted by Crippen LogP contribution is 2.32. The number of carboxylic acids is 1. The Labute approximate surface area is 108 Å². The van der Waals surface area contributed by atoms with E-state index in [4.69, 9.17) is 5.11 Å². The molecular formula is C10H7BrF3NO3. The van der Waals surface area contributed by atoms with Crippen molar-refractivity contribution in [1.29, 1.82) is 0 Å². The summed E-state index contributed by atoms with van der Waals surface area (Å²) < 4.78 is 40.6. The number of carboxylic acid groups (broad SMARTS) is 1. The van der Waals surface area contributed by atoms with E-state index < -0.39 is 18.1 Å². The summed E-state index contributed by atoms with van der Waals surface area (Å²) in [5.74, 6) is -1.69. The first kappa shape index (κ1) is 14.4. The van der Waals surface area contributed by atoms with Gasteiger partial charge in [0.1, 0.15) is 0 Å². The van der Waals surface area contributed by atoms with Crippen LogP contribution in [-0.2, 0) is 4.79 Å². The second-order valence-corrected chi connectivity index (χ2v) is 3.92. The van der Waals surface area contributed by atoms with Crippen LogP contribution in [0.1, 0.15) is 0 Å². The standard InChI is InChI=1S/C10H7BrF3NO3/c11-6-1-2-7(15-4-3-9(16)17)8(5-6)18-10(12,13)14/h1-5,15H,(H,16,17)/b4-3+. The number of aliphatic carboxylic acids is 1. The Balaban J connectivity index is 2.93. The summed E-state index contributed by atoms with van der Waals surface area (Å²) in [7, 11) is 0. The van der Waals surface area contributed by atoms with Crippen molar-refractivity contribution in [3.8, 4) is 5.75 Å². The number of alkyl halides is 3. The summed E-state index contributed by atoms with van der Waals surface area (Å²) in [6.45, 7) is 0. The second-order valence-electron chi connectivity index (χ2n) is 3.00. The highest BCUT2D eigenvalue weighted by atomic mass is 79.9. The largest absolute Gasteiger partial charge is 0.573 e. The lowest BCUT2D eigenvalue weighted by molar-refractivity contribution is -0.274. The zero-order valence-electron chi connectivity index (χ0n) is 8.66. The molecule has 8 heteroatoms. The third-order valence-corrected chi connectivity index (χ3v) is 2.13. The minimum atomic E-state index is -4.83. The van der Waals surface area contributed by atoms with Crippen molar-refractivity contribution in [2.75, 3.05) is 5.32 Å². The average molecular weight is 326 g/mol. The summed E-state index contributed by atoms with van der Waals surface area (Å²) in [4.78, 5) is 10.2. The lowest BCUT2D eigenvalue weighted by Crippen LogP contribution is -2.17. The predicted molar refractivity (Wildman–Crippen MR) is 61.2 cm³/mol. The zero-order valence-corrected chi connectivity index (χ0v) is 10.2. The number of halogens is 4. The van der Waals surface area contributed by atoms with Crippen LogP contribution in [0.2, 0.25) is 0 Å². The summed E-state index contributed by atoms with van der Waals surface area (Å²) in [5, 5.41) is 10.7. The van der Waals surface area contributed by atoms with Gasteiger partial charge in [-0.25, -0.2) is 4.79 Å². The number of nitrogens with one attached hydrogen (secondary N) is 1. The normalized spacial score (nSPS) is 11.6. The molecule has 0 spiro atoms. The van der Waals surface area contributed by atoms with Gasteiger partial charge in [0, 0.05) is 16.7 Å². The van der Waals surface area contributed by atoms with Crippen LogP contribution < -0.4 is 10.1 Å². The van der Waals surface area contributed by atoms with Crippen molar-refractivity contribution in [3.63, 3.8) is 0 Å². The quantitative estimate of drug-likeness (QED) is 0.833. The Kier molecular flexibility index (Phi) is 4.60. The van der Waals surface area contributed by atoms with Gasteiger partial charge in [0.05, 0.1) is 5.69 Å². The van der Waals surface area contributed by atoms with Gasteiger partial charge in [-0.05, 0) is 18.2 Å². The molecule has 0 aliphatic heterocycles. The van der Waals surface area contributed by atoms with Crippen molar-refractivity contribution < 1.29 is 27.8 Å². The van der Waals surface area contributed by atoms with E-state index in [1.807, 2.05) is 0 Å². The Hall–Kier alpha value is -1.70. The molecule has 0 aliphatic carbocycles. The van der Waals surface area contributed by atoms with Gasteiger partial charge in [-0.15, -0.1) is 13.2 Å². The number of anilines is 1. The number of ether oxygens (including phenoxy) is 1. The van der Waals surface area contributed by atoms with Gasteiger partial charge in [0.25, 0.3) is 0 Å². The van der Waals surface area contributed by atoms with Gasteiger partial charge < -0.3 is 15.2 Å². The molecule has 0 amide bonds. The first-order valence-electron chi connectivity index (χ1n) is 4.49. The van der Waals surface area contributed by atoms with Crippen LogP contribution in [0.3, 0.4) is 0 Å². The van der Waals surface area contributed by atoms with Crippen molar-refractivity contribution in [2.24, 2.45) is 0 Å². The lowest BCUT2D eigenvalue weighted by atomic mass is 10.3. The summed E-state index contributed by atoms with van der Waals surface area (Å²) >= 11 is 3.01. The Morgan fingerprint density at radius 1 is 1.44 bits per heavy atom. The number of rotatable bonds is 4. The van der Waals surface area contributed by atoms with E-state index in [1.54, 1.807) is 0 Å². The lowest BCUT2D eigenvalue weighted by Gasteiger charge is -2.13. The summed E-state index contributed by atoms with van der Waals surface area (Å²) in [5.41, 5.74) is -0.00646. The van der Waals surface area contributed by atoms with E-state index in [9.17, 15) is 18.0 Å². The zero-order chi connectivity index (χ0) is 13.8. The minimum Gasteiger partial charge on any atom is -0.478 e. The van der Waals surface area contributed by atoms with Gasteiger partial charge in [-0.3, -0.25) is 0 Å². The molecule has 0 atom stereocenters. The van der Waals surface area contributed by atoms with Crippen LogP contribution in [0.15, 0.2) is 34.9 Å². The molecule has 4 nitrogen and oxygen atoms in total. The predicted octanol–water partition coefficient (Wildman–Crippen LogP) is 3.36. The van der Waals surface area contributed by atoms with Gasteiger partial charge in [0.2, 0.25) is 0 Å². The van der Waals surface area contributed by atoms with Crippen molar-refractivity contribution >= 4 is 27.6 Å². The maximum atomic E-state index is 12.1. The molecule has 0 bridgehead atoms. The maximum Gasteiger partial charge on any atom is 0.573 e. The van der Waals surface area contributed by atoms with Gasteiger partial charge in [0.15, 0.2) is 5.75 Å². The molecule has 0 heterocycles. The monoisotopic (exact) mass is 325 g/mol. The van der Waals surface area contributed by atoms with Crippen molar-refractivity contribution in [1.82, 2.24) is 0 Å². The van der Waals surface area contributed by atoms with E-state index >= 15 is 0 Å². The van der Waals surface area contributed by atoms with Crippen molar-refractivity contribution in [2.45, 2.75) is 6.36 Å². The second kappa shape index (κ2) is 5.76. The molecule has 0 radical (unpaired) electrons. The molecule has 1 aromatic carbocycles. The van der Waals surface area contributed by atoms with Gasteiger partial charge >= 0.3 is 12.3 Å². The van der Waals surface area contributed by atoms with Crippen molar-refractivity contribution in [3.05, 3.63) is 34.9 Å². The van der Waals surface area contributed by atoms with Crippen LogP contribution in [-0.4, -0.2) is 17.4 Å². The van der Waals surface area contributed by atoms with E-state index in [2.05, 4.69) is 26.0 Å². The molecule has 0 unspecified atom stereocenters. The van der Waals surface area contributed by atoms with E-state index in [0.717, 1.165) is 18.3 Å². The first-order valence-corrected chi connectivity index (χ1v) is 5.28. The van der Waals surface area contributed by atoms with Crippen LogP contribution in [0, 0.1) is 0 Å². The highest BCUT2D eigenvalue weighted by molar-refractivity contribution is 9.10. The number of benzene rings is 1. The SMILES string of the molecule is O=C(O)/C=C/Nc1ccc(Br)cc1OC(F)(F)F. The van der Waals surface area contributed by atoms with Gasteiger partial charge in [-0.1, -0.05) is 15.9 Å². The van der Waals surface area contributed by atoms with E-state index in [-0.39, 0.29) is 5.69 Å².